The van der Waals surface area contributed by atoms with Crippen molar-refractivity contribution in [3.63, 3.8) is 0 Å². The molecule has 2 rings (SSSR count). The number of hydrogen-bond acceptors (Lipinski definition) is 3. The Kier molecular flexibility index (Phi) is 5.00. The molecule has 1 atom stereocenters. The van der Waals surface area contributed by atoms with E-state index in [4.69, 9.17) is 27.9 Å². The first kappa shape index (κ1) is 15.3. The highest BCUT2D eigenvalue weighted by molar-refractivity contribution is 6.35. The van der Waals surface area contributed by atoms with Crippen molar-refractivity contribution < 1.29 is 9.84 Å². The maximum atomic E-state index is 10.9. The van der Waals surface area contributed by atoms with Crippen LogP contribution in [-0.2, 0) is 16.8 Å². The fourth-order valence-corrected chi connectivity index (χ4v) is 2.57. The molecule has 0 aliphatic heterocycles. The van der Waals surface area contributed by atoms with E-state index in [1.807, 2.05) is 12.1 Å². The second-order valence-electron chi connectivity index (χ2n) is 4.62. The minimum absolute atomic E-state index is 0.150. The topological polar surface area (TPSA) is 42.4 Å². The van der Waals surface area contributed by atoms with Crippen molar-refractivity contribution in [1.82, 2.24) is 4.98 Å². The SMILES string of the molecule is COCC(O)(Cc1ccc(Cl)cc1Cl)c1cccnc1. The van der Waals surface area contributed by atoms with Crippen LogP contribution in [0.1, 0.15) is 11.1 Å². The van der Waals surface area contributed by atoms with E-state index >= 15 is 0 Å². The lowest BCUT2D eigenvalue weighted by atomic mass is 9.89. The molecule has 0 aliphatic rings. The minimum atomic E-state index is -1.18. The van der Waals surface area contributed by atoms with Crippen LogP contribution in [0.15, 0.2) is 42.7 Å². The molecule has 3 nitrogen and oxygen atoms in total. The van der Waals surface area contributed by atoms with E-state index in [1.54, 1.807) is 37.7 Å². The summed E-state index contributed by atoms with van der Waals surface area (Å²) in [5.74, 6) is 0. The molecule has 0 aliphatic carbocycles. The van der Waals surface area contributed by atoms with Gasteiger partial charge in [-0.3, -0.25) is 4.98 Å². The van der Waals surface area contributed by atoms with Gasteiger partial charge in [0.1, 0.15) is 5.60 Å². The lowest BCUT2D eigenvalue weighted by Crippen LogP contribution is -2.34. The Morgan fingerprint density at radius 1 is 1.30 bits per heavy atom. The normalized spacial score (nSPS) is 14.0. The van der Waals surface area contributed by atoms with Gasteiger partial charge in [0.25, 0.3) is 0 Å². The van der Waals surface area contributed by atoms with E-state index in [0.29, 0.717) is 22.0 Å². The Morgan fingerprint density at radius 2 is 2.10 bits per heavy atom. The van der Waals surface area contributed by atoms with Gasteiger partial charge in [-0.2, -0.15) is 0 Å². The number of rotatable bonds is 5. The smallest absolute Gasteiger partial charge is 0.118 e. The fraction of sp³-hybridized carbons (Fsp3) is 0.267. The zero-order valence-electron chi connectivity index (χ0n) is 11.0. The van der Waals surface area contributed by atoms with Crippen LogP contribution in [0.4, 0.5) is 0 Å². The van der Waals surface area contributed by atoms with Gasteiger partial charge in [0.15, 0.2) is 0 Å². The zero-order valence-corrected chi connectivity index (χ0v) is 12.5. The third-order valence-electron chi connectivity index (χ3n) is 3.08. The van der Waals surface area contributed by atoms with Gasteiger partial charge in [0.2, 0.25) is 0 Å². The van der Waals surface area contributed by atoms with Crippen molar-refractivity contribution in [2.24, 2.45) is 0 Å². The van der Waals surface area contributed by atoms with Crippen LogP contribution in [0.5, 0.6) is 0 Å². The standard InChI is InChI=1S/C15H15Cl2NO2/c1-20-10-15(19,12-3-2-6-18-9-12)8-11-4-5-13(16)7-14(11)17/h2-7,9,19H,8,10H2,1H3. The summed E-state index contributed by atoms with van der Waals surface area (Å²) in [6.45, 7) is 0.150. The summed E-state index contributed by atoms with van der Waals surface area (Å²) in [5, 5.41) is 12.0. The molecule has 106 valence electrons. The zero-order chi connectivity index (χ0) is 14.6. The van der Waals surface area contributed by atoms with Gasteiger partial charge in [0.05, 0.1) is 6.61 Å². The molecule has 0 radical (unpaired) electrons. The molecule has 2 aromatic rings. The minimum Gasteiger partial charge on any atom is -0.382 e. The molecule has 1 aromatic carbocycles. The number of ether oxygens (including phenoxy) is 1. The first-order valence-corrected chi connectivity index (χ1v) is 6.86. The largest absolute Gasteiger partial charge is 0.382 e. The van der Waals surface area contributed by atoms with Crippen molar-refractivity contribution >= 4 is 23.2 Å². The van der Waals surface area contributed by atoms with Crippen LogP contribution in [0.3, 0.4) is 0 Å². The Morgan fingerprint density at radius 3 is 2.70 bits per heavy atom. The molecule has 1 heterocycles. The molecular formula is C15H15Cl2NO2. The van der Waals surface area contributed by atoms with Gasteiger partial charge >= 0.3 is 0 Å². The lowest BCUT2D eigenvalue weighted by Gasteiger charge is -2.28. The van der Waals surface area contributed by atoms with Gasteiger partial charge in [-0.15, -0.1) is 0 Å². The number of methoxy groups -OCH3 is 1. The summed E-state index contributed by atoms with van der Waals surface area (Å²) in [4.78, 5) is 4.04. The Hall–Kier alpha value is -1.13. The number of pyridine rings is 1. The Balaban J connectivity index is 2.34. The summed E-state index contributed by atoms with van der Waals surface area (Å²) in [7, 11) is 1.55. The van der Waals surface area contributed by atoms with E-state index in [2.05, 4.69) is 4.98 Å². The summed E-state index contributed by atoms with van der Waals surface area (Å²) < 4.78 is 5.15. The molecule has 0 bridgehead atoms. The fourth-order valence-electron chi connectivity index (χ4n) is 2.09. The molecule has 0 spiro atoms. The van der Waals surface area contributed by atoms with Crippen molar-refractivity contribution in [3.8, 4) is 0 Å². The molecule has 1 N–H and O–H groups in total. The predicted octanol–water partition coefficient (Wildman–Crippen LogP) is 3.47. The van der Waals surface area contributed by atoms with Gasteiger partial charge in [-0.05, 0) is 23.8 Å². The molecule has 0 saturated carbocycles. The number of benzene rings is 1. The first-order valence-electron chi connectivity index (χ1n) is 6.11. The highest BCUT2D eigenvalue weighted by Crippen LogP contribution is 2.30. The summed E-state index contributed by atoms with van der Waals surface area (Å²) in [6.07, 6.45) is 3.61. The predicted molar refractivity (Wildman–Crippen MR) is 80.2 cm³/mol. The van der Waals surface area contributed by atoms with Crippen molar-refractivity contribution in [1.29, 1.82) is 0 Å². The maximum absolute atomic E-state index is 10.9. The molecule has 0 fully saturated rings. The van der Waals surface area contributed by atoms with Crippen LogP contribution in [0, 0.1) is 0 Å². The monoisotopic (exact) mass is 311 g/mol. The quantitative estimate of drug-likeness (QED) is 0.919. The third-order valence-corrected chi connectivity index (χ3v) is 3.67. The Bertz CT molecular complexity index is 577. The van der Waals surface area contributed by atoms with E-state index in [0.717, 1.165) is 5.56 Å². The van der Waals surface area contributed by atoms with Crippen LogP contribution in [0.2, 0.25) is 10.0 Å². The molecule has 20 heavy (non-hydrogen) atoms. The Labute approximate surface area is 128 Å². The summed E-state index contributed by atoms with van der Waals surface area (Å²) in [6, 6.07) is 8.81. The number of halogens is 2. The van der Waals surface area contributed by atoms with E-state index < -0.39 is 5.60 Å². The van der Waals surface area contributed by atoms with E-state index in [1.165, 1.54) is 0 Å². The maximum Gasteiger partial charge on any atom is 0.118 e. The molecule has 1 unspecified atom stereocenters. The van der Waals surface area contributed by atoms with Crippen LogP contribution in [-0.4, -0.2) is 23.8 Å². The lowest BCUT2D eigenvalue weighted by molar-refractivity contribution is -0.0357. The van der Waals surface area contributed by atoms with Gasteiger partial charge in [-0.1, -0.05) is 35.3 Å². The second-order valence-corrected chi connectivity index (χ2v) is 5.46. The number of nitrogens with zero attached hydrogens (tertiary/aromatic N) is 1. The highest BCUT2D eigenvalue weighted by atomic mass is 35.5. The third kappa shape index (κ3) is 3.49. The summed E-state index contributed by atoms with van der Waals surface area (Å²) in [5.41, 5.74) is 0.313. The molecule has 0 saturated heterocycles. The van der Waals surface area contributed by atoms with Gasteiger partial charge in [-0.25, -0.2) is 0 Å². The molecule has 1 aromatic heterocycles. The molecule has 0 amide bonds. The van der Waals surface area contributed by atoms with Gasteiger partial charge < -0.3 is 9.84 Å². The average Bonchev–Trinajstić information content (AvgIpc) is 2.43. The number of hydrogen-bond donors (Lipinski definition) is 1. The highest BCUT2D eigenvalue weighted by Gasteiger charge is 2.30. The van der Waals surface area contributed by atoms with Crippen molar-refractivity contribution in [2.75, 3.05) is 13.7 Å². The first-order chi connectivity index (χ1) is 9.55. The van der Waals surface area contributed by atoms with Crippen LogP contribution >= 0.6 is 23.2 Å². The van der Waals surface area contributed by atoms with Crippen LogP contribution in [0.25, 0.3) is 0 Å². The summed E-state index contributed by atoms with van der Waals surface area (Å²) >= 11 is 12.1. The average molecular weight is 312 g/mol. The van der Waals surface area contributed by atoms with E-state index in [9.17, 15) is 5.11 Å². The van der Waals surface area contributed by atoms with Crippen molar-refractivity contribution in [2.45, 2.75) is 12.0 Å². The van der Waals surface area contributed by atoms with Crippen LogP contribution < -0.4 is 0 Å². The molecule has 5 heteroatoms. The number of aliphatic hydroxyl groups is 1. The second kappa shape index (κ2) is 6.55. The number of aromatic nitrogens is 1. The van der Waals surface area contributed by atoms with Gasteiger partial charge in [0, 0.05) is 41.5 Å². The van der Waals surface area contributed by atoms with E-state index in [-0.39, 0.29) is 6.61 Å². The van der Waals surface area contributed by atoms with Crippen molar-refractivity contribution in [3.05, 3.63) is 63.9 Å². The molecular weight excluding hydrogens is 297 g/mol.